The van der Waals surface area contributed by atoms with Gasteiger partial charge in [-0.2, -0.15) is 0 Å². The van der Waals surface area contributed by atoms with Crippen LogP contribution in [0.15, 0.2) is 29.8 Å². The number of hydrogen-bond acceptors (Lipinski definition) is 4. The summed E-state index contributed by atoms with van der Waals surface area (Å²) in [4.78, 5) is 14.1. The van der Waals surface area contributed by atoms with Crippen LogP contribution in [0.1, 0.15) is 66.9 Å². The number of amides is 1. The highest BCUT2D eigenvalue weighted by Crippen LogP contribution is 2.55. The number of allylic oxidation sites excluding steroid dienone is 1. The average Bonchev–Trinajstić information content (AvgIpc) is 2.75. The number of rotatable bonds is 2. The van der Waals surface area contributed by atoms with E-state index >= 15 is 0 Å². The Morgan fingerprint density at radius 3 is 2.03 bits per heavy atom. The fourth-order valence-electron chi connectivity index (χ4n) is 4.58. The van der Waals surface area contributed by atoms with Crippen LogP contribution in [0, 0.1) is 11.2 Å². The summed E-state index contributed by atoms with van der Waals surface area (Å²) in [5.41, 5.74) is 1.89. The molecule has 1 aromatic carbocycles. The number of hydrogen-bond donors (Lipinski definition) is 0. The molecule has 0 atom stereocenters. The predicted octanol–water partition coefficient (Wildman–Crippen LogP) is 5.24. The maximum Gasteiger partial charge on any atom is 0.495 e. The Hall–Kier alpha value is -1.86. The number of carbonyl (C=O) groups is 1. The maximum absolute atomic E-state index is 13.6. The highest BCUT2D eigenvalue weighted by molar-refractivity contribution is 6.69. The fourth-order valence-corrected chi connectivity index (χ4v) is 4.58. The minimum atomic E-state index is -0.496. The summed E-state index contributed by atoms with van der Waals surface area (Å²) in [6, 6.07) is 6.54. The van der Waals surface area contributed by atoms with E-state index in [1.165, 1.54) is 17.7 Å². The molecule has 1 aliphatic carbocycles. The van der Waals surface area contributed by atoms with Crippen LogP contribution in [0.25, 0.3) is 5.47 Å². The van der Waals surface area contributed by atoms with E-state index in [9.17, 15) is 9.18 Å². The van der Waals surface area contributed by atoms with Crippen molar-refractivity contribution in [2.75, 3.05) is 13.1 Å². The molecule has 3 aliphatic rings. The zero-order valence-corrected chi connectivity index (χ0v) is 19.7. The van der Waals surface area contributed by atoms with Crippen molar-refractivity contribution < 1.29 is 23.2 Å². The van der Waals surface area contributed by atoms with Gasteiger partial charge in [0.15, 0.2) is 0 Å². The number of halogens is 1. The van der Waals surface area contributed by atoms with Crippen molar-refractivity contribution in [1.82, 2.24) is 4.90 Å². The molecule has 0 radical (unpaired) electrons. The molecule has 2 saturated heterocycles. The first-order valence-corrected chi connectivity index (χ1v) is 11.0. The second-order valence-electron chi connectivity index (χ2n) is 11.3. The van der Waals surface area contributed by atoms with Gasteiger partial charge in [0.1, 0.15) is 11.4 Å². The largest absolute Gasteiger partial charge is 0.495 e. The van der Waals surface area contributed by atoms with E-state index in [-0.39, 0.29) is 17.3 Å². The number of nitrogens with zero attached hydrogens (tertiary/aromatic N) is 1. The monoisotopic (exact) mass is 429 g/mol. The minimum absolute atomic E-state index is 0.0984. The third-order valence-corrected chi connectivity index (χ3v) is 6.91. The molecule has 0 unspecified atom stereocenters. The molecule has 1 spiro atoms. The van der Waals surface area contributed by atoms with E-state index in [1.54, 1.807) is 17.0 Å². The topological polar surface area (TPSA) is 48.0 Å². The predicted molar refractivity (Wildman–Crippen MR) is 119 cm³/mol. The van der Waals surface area contributed by atoms with Crippen molar-refractivity contribution in [3.05, 3.63) is 41.2 Å². The number of benzene rings is 1. The summed E-state index contributed by atoms with van der Waals surface area (Å²) in [7, 11) is -0.496. The SMILES string of the molecule is CC(C)(C)OC(=O)N1CC2(CC(=C(B3OC(C)(C)C(C)(C)O3)c3ccc(F)cc3)C2)C1. The lowest BCUT2D eigenvalue weighted by molar-refractivity contribution is -0.0500. The number of likely N-dealkylation sites (tertiary alicyclic amines) is 1. The molecular formula is C24H33BFNO4. The van der Waals surface area contributed by atoms with Crippen LogP contribution in [-0.2, 0) is 14.0 Å². The lowest BCUT2D eigenvalue weighted by Crippen LogP contribution is -2.62. The second-order valence-corrected chi connectivity index (χ2v) is 11.3. The van der Waals surface area contributed by atoms with E-state index < -0.39 is 23.9 Å². The second kappa shape index (κ2) is 7.07. The van der Waals surface area contributed by atoms with Crippen LogP contribution >= 0.6 is 0 Å². The lowest BCUT2D eigenvalue weighted by atomic mass is 9.55. The van der Waals surface area contributed by atoms with Crippen LogP contribution in [0.3, 0.4) is 0 Å². The Kier molecular flexibility index (Phi) is 5.10. The normalized spacial score (nSPS) is 23.4. The van der Waals surface area contributed by atoms with Crippen LogP contribution in [-0.4, -0.2) is 48.0 Å². The Morgan fingerprint density at radius 1 is 1.03 bits per heavy atom. The van der Waals surface area contributed by atoms with E-state index in [4.69, 9.17) is 14.0 Å². The smallest absolute Gasteiger partial charge is 0.444 e. The summed E-state index contributed by atoms with van der Waals surface area (Å²) >= 11 is 0. The van der Waals surface area contributed by atoms with Gasteiger partial charge in [-0.05, 0) is 84.5 Å². The molecular weight excluding hydrogens is 396 g/mol. The summed E-state index contributed by atoms with van der Waals surface area (Å²) in [5.74, 6) is -0.265. The molecule has 7 heteroatoms. The molecule has 0 aromatic heterocycles. The summed E-state index contributed by atoms with van der Waals surface area (Å²) in [5, 5.41) is 0. The molecule has 2 heterocycles. The zero-order chi connectivity index (χ0) is 22.8. The molecule has 31 heavy (non-hydrogen) atoms. The number of carbonyl (C=O) groups excluding carboxylic acids is 1. The zero-order valence-electron chi connectivity index (χ0n) is 19.7. The van der Waals surface area contributed by atoms with E-state index in [2.05, 4.69) is 0 Å². The quantitative estimate of drug-likeness (QED) is 0.604. The first-order chi connectivity index (χ1) is 14.2. The molecule has 0 bridgehead atoms. The Balaban J connectivity index is 1.53. The van der Waals surface area contributed by atoms with Gasteiger partial charge in [0, 0.05) is 18.5 Å². The Labute approximate surface area is 185 Å². The van der Waals surface area contributed by atoms with Gasteiger partial charge in [-0.25, -0.2) is 9.18 Å². The molecule has 1 saturated carbocycles. The van der Waals surface area contributed by atoms with Crippen molar-refractivity contribution in [2.24, 2.45) is 5.41 Å². The maximum atomic E-state index is 13.6. The third kappa shape index (κ3) is 4.14. The molecule has 0 N–H and O–H groups in total. The van der Waals surface area contributed by atoms with E-state index in [1.807, 2.05) is 48.5 Å². The van der Waals surface area contributed by atoms with Gasteiger partial charge in [-0.3, -0.25) is 0 Å². The first kappa shape index (κ1) is 22.3. The van der Waals surface area contributed by atoms with Gasteiger partial charge < -0.3 is 18.9 Å². The molecule has 1 amide bonds. The van der Waals surface area contributed by atoms with Crippen LogP contribution in [0.4, 0.5) is 9.18 Å². The van der Waals surface area contributed by atoms with Crippen LogP contribution < -0.4 is 0 Å². The van der Waals surface area contributed by atoms with Crippen molar-refractivity contribution in [1.29, 1.82) is 0 Å². The summed E-state index contributed by atoms with van der Waals surface area (Å²) in [6.45, 7) is 15.2. The van der Waals surface area contributed by atoms with Gasteiger partial charge in [0.2, 0.25) is 0 Å². The molecule has 4 rings (SSSR count). The fraction of sp³-hybridized carbons (Fsp3) is 0.625. The van der Waals surface area contributed by atoms with Crippen LogP contribution in [0.2, 0.25) is 0 Å². The lowest BCUT2D eigenvalue weighted by Gasteiger charge is -2.57. The third-order valence-electron chi connectivity index (χ3n) is 6.91. The summed E-state index contributed by atoms with van der Waals surface area (Å²) < 4.78 is 31.7. The van der Waals surface area contributed by atoms with Gasteiger partial charge in [-0.15, -0.1) is 0 Å². The van der Waals surface area contributed by atoms with Gasteiger partial charge in [0.05, 0.1) is 11.2 Å². The van der Waals surface area contributed by atoms with Crippen LogP contribution in [0.5, 0.6) is 0 Å². The van der Waals surface area contributed by atoms with E-state index in [0.29, 0.717) is 13.1 Å². The highest BCUT2D eigenvalue weighted by Gasteiger charge is 2.57. The average molecular weight is 429 g/mol. The molecule has 168 valence electrons. The highest BCUT2D eigenvalue weighted by atomic mass is 19.1. The van der Waals surface area contributed by atoms with Crippen molar-refractivity contribution in [3.8, 4) is 0 Å². The van der Waals surface area contributed by atoms with E-state index in [0.717, 1.165) is 23.9 Å². The molecule has 2 aliphatic heterocycles. The summed E-state index contributed by atoms with van der Waals surface area (Å²) in [6.07, 6.45) is 1.51. The Bertz CT molecular complexity index is 885. The van der Waals surface area contributed by atoms with Crippen molar-refractivity contribution in [3.63, 3.8) is 0 Å². The van der Waals surface area contributed by atoms with Crippen molar-refractivity contribution in [2.45, 2.75) is 78.1 Å². The minimum Gasteiger partial charge on any atom is -0.444 e. The molecule has 1 aromatic rings. The molecule has 3 fully saturated rings. The Morgan fingerprint density at radius 2 is 1.55 bits per heavy atom. The standard InChI is InChI=1S/C24H33BFNO4/c1-21(2,3)29-20(28)27-14-24(15-27)12-17(13-24)19(16-8-10-18(26)11-9-16)25-30-22(4,5)23(6,7)31-25/h8-11H,12-15H2,1-7H3. The van der Waals surface area contributed by atoms with Gasteiger partial charge >= 0.3 is 13.2 Å². The first-order valence-electron chi connectivity index (χ1n) is 11.0. The van der Waals surface area contributed by atoms with Gasteiger partial charge in [-0.1, -0.05) is 17.7 Å². The number of ether oxygens (including phenoxy) is 1. The van der Waals surface area contributed by atoms with Crippen molar-refractivity contribution >= 4 is 18.7 Å². The van der Waals surface area contributed by atoms with Gasteiger partial charge in [0.25, 0.3) is 0 Å². The molecule has 5 nitrogen and oxygen atoms in total.